The van der Waals surface area contributed by atoms with E-state index >= 15 is 0 Å². The molecule has 0 bridgehead atoms. The molecule has 0 spiro atoms. The molecule has 0 aromatic rings. The summed E-state index contributed by atoms with van der Waals surface area (Å²) in [6.45, 7) is 1.70. The van der Waals surface area contributed by atoms with Gasteiger partial charge in [-0.05, 0) is 38.5 Å². The van der Waals surface area contributed by atoms with Gasteiger partial charge >= 0.3 is 0 Å². The minimum atomic E-state index is -1.05. The molecule has 0 radical (unpaired) electrons. The summed E-state index contributed by atoms with van der Waals surface area (Å²) in [5.74, 6) is 0.176. The lowest BCUT2D eigenvalue weighted by Crippen LogP contribution is -2.31. The van der Waals surface area contributed by atoms with Crippen molar-refractivity contribution in [1.29, 1.82) is 0 Å². The van der Waals surface area contributed by atoms with E-state index in [0.29, 0.717) is 25.5 Å². The second-order valence-electron chi connectivity index (χ2n) is 4.53. The molecule has 0 aromatic heterocycles. The lowest BCUT2D eigenvalue weighted by atomic mass is 9.79. The van der Waals surface area contributed by atoms with Gasteiger partial charge in [-0.25, -0.2) is 4.39 Å². The lowest BCUT2D eigenvalue weighted by Gasteiger charge is -2.30. The van der Waals surface area contributed by atoms with Gasteiger partial charge in [-0.2, -0.15) is 0 Å². The van der Waals surface area contributed by atoms with Gasteiger partial charge in [0.1, 0.15) is 12.0 Å². The lowest BCUT2D eigenvalue weighted by molar-refractivity contribution is -0.123. The maximum Gasteiger partial charge on any atom is 0.220 e. The minimum absolute atomic E-state index is 0.0758. The molecule has 1 amide bonds. The molecule has 4 heteroatoms. The summed E-state index contributed by atoms with van der Waals surface area (Å²) in [5, 5.41) is 2.50. The van der Waals surface area contributed by atoms with Crippen molar-refractivity contribution in [2.24, 2.45) is 5.92 Å². The van der Waals surface area contributed by atoms with E-state index < -0.39 is 5.67 Å². The first-order valence-electron chi connectivity index (χ1n) is 5.43. The van der Waals surface area contributed by atoms with Crippen molar-refractivity contribution in [3.63, 3.8) is 0 Å². The molecule has 1 rings (SSSR count). The van der Waals surface area contributed by atoms with Gasteiger partial charge in [-0.3, -0.25) is 4.79 Å². The highest BCUT2D eigenvalue weighted by atomic mass is 19.1. The highest BCUT2D eigenvalue weighted by molar-refractivity contribution is 5.78. The predicted octanol–water partition coefficient (Wildman–Crippen LogP) is 1.61. The molecule has 0 aliphatic heterocycles. The third-order valence-electron chi connectivity index (χ3n) is 3.00. The number of amides is 1. The van der Waals surface area contributed by atoms with Crippen LogP contribution in [0.2, 0.25) is 0 Å². The van der Waals surface area contributed by atoms with E-state index in [-0.39, 0.29) is 18.4 Å². The summed E-state index contributed by atoms with van der Waals surface area (Å²) < 4.78 is 13.4. The molecular weight excluding hydrogens is 197 g/mol. The standard InChI is InChI=1S/C11H18FNO2/c1-11(12)4-2-9(3-5-11)8-10(15)13-6-7-14/h7,9H,2-6,8H2,1H3,(H,13,15). The van der Waals surface area contributed by atoms with E-state index in [1.165, 1.54) is 0 Å². The number of hydrogen-bond donors (Lipinski definition) is 1. The average molecular weight is 215 g/mol. The molecule has 0 heterocycles. The minimum Gasteiger partial charge on any atom is -0.349 e. The van der Waals surface area contributed by atoms with Crippen molar-refractivity contribution in [2.45, 2.75) is 44.7 Å². The van der Waals surface area contributed by atoms with E-state index in [1.54, 1.807) is 6.92 Å². The Balaban J connectivity index is 2.23. The first kappa shape index (κ1) is 12.1. The van der Waals surface area contributed by atoms with Crippen LogP contribution in [0.15, 0.2) is 0 Å². The van der Waals surface area contributed by atoms with Gasteiger partial charge in [0.05, 0.1) is 6.54 Å². The number of carbonyl (C=O) groups excluding carboxylic acids is 2. The van der Waals surface area contributed by atoms with E-state index in [9.17, 15) is 14.0 Å². The molecule has 1 saturated carbocycles. The predicted molar refractivity (Wildman–Crippen MR) is 55.2 cm³/mol. The van der Waals surface area contributed by atoms with Crippen molar-refractivity contribution < 1.29 is 14.0 Å². The fourth-order valence-electron chi connectivity index (χ4n) is 1.97. The van der Waals surface area contributed by atoms with Crippen molar-refractivity contribution in [1.82, 2.24) is 5.32 Å². The van der Waals surface area contributed by atoms with Crippen LogP contribution in [-0.2, 0) is 9.59 Å². The molecular formula is C11H18FNO2. The van der Waals surface area contributed by atoms with Crippen molar-refractivity contribution >= 4 is 12.2 Å². The zero-order valence-corrected chi connectivity index (χ0v) is 9.09. The molecule has 1 aliphatic carbocycles. The van der Waals surface area contributed by atoms with Crippen LogP contribution < -0.4 is 5.32 Å². The highest BCUT2D eigenvalue weighted by Crippen LogP contribution is 2.35. The summed E-state index contributed by atoms with van der Waals surface area (Å²) in [4.78, 5) is 21.3. The van der Waals surface area contributed by atoms with Crippen LogP contribution >= 0.6 is 0 Å². The summed E-state index contributed by atoms with van der Waals surface area (Å²) in [7, 11) is 0. The third kappa shape index (κ3) is 4.40. The van der Waals surface area contributed by atoms with Crippen LogP contribution in [0.5, 0.6) is 0 Å². The van der Waals surface area contributed by atoms with Gasteiger partial charge in [0.2, 0.25) is 5.91 Å². The Morgan fingerprint density at radius 1 is 1.53 bits per heavy atom. The summed E-state index contributed by atoms with van der Waals surface area (Å²) >= 11 is 0. The van der Waals surface area contributed by atoms with Crippen molar-refractivity contribution in [2.75, 3.05) is 6.54 Å². The Morgan fingerprint density at radius 3 is 2.67 bits per heavy atom. The first-order valence-corrected chi connectivity index (χ1v) is 5.43. The topological polar surface area (TPSA) is 46.2 Å². The van der Waals surface area contributed by atoms with Gasteiger partial charge in [0.15, 0.2) is 0 Å². The maximum atomic E-state index is 13.4. The van der Waals surface area contributed by atoms with Crippen LogP contribution in [0.25, 0.3) is 0 Å². The Labute approximate surface area is 89.4 Å². The number of aldehydes is 1. The van der Waals surface area contributed by atoms with Crippen molar-refractivity contribution in [3.05, 3.63) is 0 Å². The highest BCUT2D eigenvalue weighted by Gasteiger charge is 2.31. The first-order chi connectivity index (χ1) is 7.03. The zero-order chi connectivity index (χ0) is 11.3. The SMILES string of the molecule is CC1(F)CCC(CC(=O)NCC=O)CC1. The van der Waals surface area contributed by atoms with Crippen LogP contribution in [-0.4, -0.2) is 24.4 Å². The fraction of sp³-hybridized carbons (Fsp3) is 0.818. The molecule has 1 fully saturated rings. The number of halogens is 1. The van der Waals surface area contributed by atoms with Crippen molar-refractivity contribution in [3.8, 4) is 0 Å². The number of nitrogens with one attached hydrogen (secondary N) is 1. The van der Waals surface area contributed by atoms with Crippen LogP contribution in [0, 0.1) is 5.92 Å². The van der Waals surface area contributed by atoms with Gasteiger partial charge < -0.3 is 10.1 Å². The van der Waals surface area contributed by atoms with Gasteiger partial charge in [-0.1, -0.05) is 0 Å². The molecule has 0 aromatic carbocycles. The second-order valence-corrected chi connectivity index (χ2v) is 4.53. The fourth-order valence-corrected chi connectivity index (χ4v) is 1.97. The number of rotatable bonds is 4. The normalized spacial score (nSPS) is 30.9. The second kappa shape index (κ2) is 5.24. The molecule has 15 heavy (non-hydrogen) atoms. The summed E-state index contributed by atoms with van der Waals surface area (Å²) in [6.07, 6.45) is 3.70. The molecule has 0 atom stereocenters. The third-order valence-corrected chi connectivity index (χ3v) is 3.00. The van der Waals surface area contributed by atoms with Gasteiger partial charge in [0.25, 0.3) is 0 Å². The molecule has 0 unspecified atom stereocenters. The number of carbonyl (C=O) groups is 2. The monoisotopic (exact) mass is 215 g/mol. The Morgan fingerprint density at radius 2 is 2.13 bits per heavy atom. The van der Waals surface area contributed by atoms with Gasteiger partial charge in [-0.15, -0.1) is 0 Å². The molecule has 1 aliphatic rings. The number of hydrogen-bond acceptors (Lipinski definition) is 2. The van der Waals surface area contributed by atoms with Gasteiger partial charge in [0, 0.05) is 6.42 Å². The Kier molecular flexibility index (Phi) is 4.24. The van der Waals surface area contributed by atoms with Crippen LogP contribution in [0.1, 0.15) is 39.0 Å². The van der Waals surface area contributed by atoms with E-state index in [2.05, 4.69) is 5.32 Å². The summed E-state index contributed by atoms with van der Waals surface area (Å²) in [5.41, 5.74) is -1.05. The summed E-state index contributed by atoms with van der Waals surface area (Å²) in [6, 6.07) is 0. The largest absolute Gasteiger partial charge is 0.349 e. The van der Waals surface area contributed by atoms with E-state index in [0.717, 1.165) is 12.8 Å². The Bertz CT molecular complexity index is 231. The van der Waals surface area contributed by atoms with Crippen LogP contribution in [0.3, 0.4) is 0 Å². The molecule has 3 nitrogen and oxygen atoms in total. The maximum absolute atomic E-state index is 13.4. The smallest absolute Gasteiger partial charge is 0.220 e. The average Bonchev–Trinajstić information content (AvgIpc) is 2.18. The van der Waals surface area contributed by atoms with E-state index in [4.69, 9.17) is 0 Å². The van der Waals surface area contributed by atoms with Crippen LogP contribution in [0.4, 0.5) is 4.39 Å². The quantitative estimate of drug-likeness (QED) is 0.724. The number of alkyl halides is 1. The van der Waals surface area contributed by atoms with E-state index in [1.807, 2.05) is 0 Å². The molecule has 1 N–H and O–H groups in total. The zero-order valence-electron chi connectivity index (χ0n) is 9.09. The molecule has 86 valence electrons. The molecule has 0 saturated heterocycles. The Hall–Kier alpha value is -0.930.